The lowest BCUT2D eigenvalue weighted by Gasteiger charge is -2.35. The van der Waals surface area contributed by atoms with Gasteiger partial charge in [0, 0.05) is 46.4 Å². The van der Waals surface area contributed by atoms with Crippen LogP contribution in [-0.2, 0) is 27.3 Å². The number of likely N-dealkylation sites (tertiary alicyclic amines) is 1. The summed E-state index contributed by atoms with van der Waals surface area (Å²) in [5, 5.41) is 25.9. The number of carbonyl (C=O) groups is 3. The summed E-state index contributed by atoms with van der Waals surface area (Å²) in [6.45, 7) is 8.26. The minimum absolute atomic E-state index is 0.0192. The number of aromatic nitrogens is 1. The van der Waals surface area contributed by atoms with E-state index >= 15 is 0 Å². The number of hydrogen-bond donors (Lipinski definition) is 3. The number of nitrogens with zero attached hydrogens (tertiary/aromatic N) is 2. The largest absolute Gasteiger partial charge is 0.508 e. The third-order valence-corrected chi connectivity index (χ3v) is 8.60. The van der Waals surface area contributed by atoms with Crippen molar-refractivity contribution in [3.63, 3.8) is 0 Å². The van der Waals surface area contributed by atoms with E-state index in [9.17, 15) is 24.6 Å². The van der Waals surface area contributed by atoms with Gasteiger partial charge in [0.25, 0.3) is 0 Å². The van der Waals surface area contributed by atoms with Crippen LogP contribution in [0.1, 0.15) is 44.9 Å². The number of amides is 2. The highest BCUT2D eigenvalue weighted by Gasteiger charge is 2.69. The number of rotatable bonds is 5. The van der Waals surface area contributed by atoms with Crippen LogP contribution >= 0.6 is 0 Å². The highest BCUT2D eigenvalue weighted by molar-refractivity contribution is 6.11. The zero-order valence-electron chi connectivity index (χ0n) is 23.0. The summed E-state index contributed by atoms with van der Waals surface area (Å²) in [6, 6.07) is 19.8. The van der Waals surface area contributed by atoms with Crippen molar-refractivity contribution >= 4 is 39.6 Å². The molecular formula is C32H33N3O5. The minimum Gasteiger partial charge on any atom is -0.508 e. The quantitative estimate of drug-likeness (QED) is 0.319. The van der Waals surface area contributed by atoms with Crippen molar-refractivity contribution in [2.45, 2.75) is 57.8 Å². The molecular weight excluding hydrogens is 506 g/mol. The molecule has 4 unspecified atom stereocenters. The lowest BCUT2D eigenvalue weighted by Crippen LogP contribution is -2.58. The van der Waals surface area contributed by atoms with Gasteiger partial charge >= 0.3 is 5.97 Å². The summed E-state index contributed by atoms with van der Waals surface area (Å²) in [6.07, 6.45) is -0.0192. The maximum absolute atomic E-state index is 14.0. The number of phenols is 1. The molecule has 0 spiro atoms. The van der Waals surface area contributed by atoms with Crippen LogP contribution in [0.15, 0.2) is 66.7 Å². The van der Waals surface area contributed by atoms with Crippen LogP contribution in [0.2, 0.25) is 0 Å². The van der Waals surface area contributed by atoms with Crippen molar-refractivity contribution in [1.29, 1.82) is 0 Å². The van der Waals surface area contributed by atoms with E-state index in [0.29, 0.717) is 5.56 Å². The monoisotopic (exact) mass is 539 g/mol. The number of carboxylic acids is 1. The molecule has 2 fully saturated rings. The van der Waals surface area contributed by atoms with Gasteiger partial charge in [0.1, 0.15) is 11.3 Å². The van der Waals surface area contributed by atoms with E-state index in [4.69, 9.17) is 0 Å². The van der Waals surface area contributed by atoms with Gasteiger partial charge in [-0.3, -0.25) is 24.6 Å². The summed E-state index contributed by atoms with van der Waals surface area (Å²) in [5.41, 5.74) is 1.05. The maximum Gasteiger partial charge on any atom is 0.325 e. The molecule has 0 radical (unpaired) electrons. The molecule has 2 amide bonds. The Morgan fingerprint density at radius 1 is 0.950 bits per heavy atom. The Bertz CT molecular complexity index is 1680. The van der Waals surface area contributed by atoms with Crippen molar-refractivity contribution in [1.82, 2.24) is 14.8 Å². The third kappa shape index (κ3) is 3.66. The molecule has 2 saturated heterocycles. The molecule has 4 aromatic rings. The second kappa shape index (κ2) is 8.93. The number of benzene rings is 3. The Kier molecular flexibility index (Phi) is 5.82. The van der Waals surface area contributed by atoms with Gasteiger partial charge in [0.2, 0.25) is 11.8 Å². The summed E-state index contributed by atoms with van der Waals surface area (Å²) >= 11 is 0. The van der Waals surface area contributed by atoms with E-state index in [-0.39, 0.29) is 18.1 Å². The average molecular weight is 540 g/mol. The van der Waals surface area contributed by atoms with Crippen LogP contribution in [0, 0.1) is 11.8 Å². The molecule has 3 N–H and O–H groups in total. The fourth-order valence-corrected chi connectivity index (χ4v) is 6.93. The standard InChI is InChI=1S/C32H33N3O5/c1-5-34-23-9-7-6-8-21(23)22-16-19(12-15-24(22)34)27-25-26(29(38)35(28(25)37)31(2,3)4)32(33-27,30(39)40)17-18-10-13-20(36)14-11-18/h6-16,25-27,33,36H,5,17H2,1-4H3,(H,39,40). The van der Waals surface area contributed by atoms with Crippen LogP contribution < -0.4 is 5.32 Å². The van der Waals surface area contributed by atoms with Crippen molar-refractivity contribution in [3.05, 3.63) is 77.9 Å². The lowest BCUT2D eigenvalue weighted by atomic mass is 9.76. The van der Waals surface area contributed by atoms with Crippen LogP contribution in [0.3, 0.4) is 0 Å². The molecule has 8 nitrogen and oxygen atoms in total. The van der Waals surface area contributed by atoms with Gasteiger partial charge in [-0.05, 0) is 69.2 Å². The van der Waals surface area contributed by atoms with Gasteiger partial charge in [0.15, 0.2) is 0 Å². The number of fused-ring (bicyclic) bond motifs is 4. The number of aryl methyl sites for hydroxylation is 1. The van der Waals surface area contributed by atoms with Gasteiger partial charge in [-0.15, -0.1) is 0 Å². The number of carbonyl (C=O) groups excluding carboxylic acids is 2. The number of phenolic OH excluding ortho intramolecular Hbond substituents is 1. The molecule has 1 aromatic heterocycles. The van der Waals surface area contributed by atoms with E-state index in [1.807, 2.05) is 30.3 Å². The highest BCUT2D eigenvalue weighted by Crippen LogP contribution is 2.52. The van der Waals surface area contributed by atoms with E-state index in [2.05, 4.69) is 28.9 Å². The Morgan fingerprint density at radius 2 is 1.62 bits per heavy atom. The Balaban J connectivity index is 1.54. The average Bonchev–Trinajstić information content (AvgIpc) is 3.52. The highest BCUT2D eigenvalue weighted by atomic mass is 16.4. The van der Waals surface area contributed by atoms with Gasteiger partial charge < -0.3 is 14.8 Å². The van der Waals surface area contributed by atoms with E-state index < -0.39 is 40.8 Å². The molecule has 206 valence electrons. The van der Waals surface area contributed by atoms with Gasteiger partial charge in [-0.1, -0.05) is 36.4 Å². The maximum atomic E-state index is 14.0. The van der Waals surface area contributed by atoms with Crippen molar-refractivity contribution in [3.8, 4) is 5.75 Å². The number of nitrogens with one attached hydrogen (secondary N) is 1. The predicted molar refractivity (Wildman–Crippen MR) is 152 cm³/mol. The van der Waals surface area contributed by atoms with E-state index in [1.165, 1.54) is 17.0 Å². The third-order valence-electron chi connectivity index (χ3n) is 8.60. The van der Waals surface area contributed by atoms with Crippen LogP contribution in [0.4, 0.5) is 0 Å². The SMILES string of the molecule is CCn1c2ccccc2c2cc(C3NC(Cc4ccc(O)cc4)(C(=O)O)C4C(=O)N(C(C)(C)C)C(=O)C34)ccc21. The fourth-order valence-electron chi connectivity index (χ4n) is 6.93. The number of para-hydroxylation sites is 1. The summed E-state index contributed by atoms with van der Waals surface area (Å²) in [4.78, 5) is 42.4. The molecule has 0 saturated carbocycles. The van der Waals surface area contributed by atoms with Crippen LogP contribution in [0.25, 0.3) is 21.8 Å². The molecule has 0 bridgehead atoms. The smallest absolute Gasteiger partial charge is 0.325 e. The lowest BCUT2D eigenvalue weighted by molar-refractivity contribution is -0.153. The zero-order valence-corrected chi connectivity index (χ0v) is 23.0. The first kappa shape index (κ1) is 26.1. The Hall–Kier alpha value is -4.17. The molecule has 3 heterocycles. The molecule has 2 aliphatic rings. The van der Waals surface area contributed by atoms with Crippen molar-refractivity contribution < 1.29 is 24.6 Å². The number of hydrogen-bond acceptors (Lipinski definition) is 5. The number of aromatic hydroxyl groups is 1. The number of aliphatic carboxylic acids is 1. The summed E-state index contributed by atoms with van der Waals surface area (Å²) in [7, 11) is 0. The number of carboxylic acid groups (broad SMARTS) is 1. The van der Waals surface area contributed by atoms with Crippen LogP contribution in [0.5, 0.6) is 5.75 Å². The molecule has 8 heteroatoms. The van der Waals surface area contributed by atoms with E-state index in [0.717, 1.165) is 33.9 Å². The molecule has 2 aliphatic heterocycles. The first-order valence-corrected chi connectivity index (χ1v) is 13.7. The molecule has 6 rings (SSSR count). The molecule has 4 atom stereocenters. The summed E-state index contributed by atoms with van der Waals surface area (Å²) < 4.78 is 2.23. The van der Waals surface area contributed by atoms with E-state index in [1.54, 1.807) is 32.9 Å². The van der Waals surface area contributed by atoms with Crippen LogP contribution in [-0.4, -0.2) is 48.5 Å². The second-order valence-electron chi connectivity index (χ2n) is 12.0. The van der Waals surface area contributed by atoms with Gasteiger partial charge in [0.05, 0.1) is 11.8 Å². The fraction of sp³-hybridized carbons (Fsp3) is 0.344. The predicted octanol–water partition coefficient (Wildman–Crippen LogP) is 4.63. The van der Waals surface area contributed by atoms with Crippen molar-refractivity contribution in [2.24, 2.45) is 11.8 Å². The molecule has 0 aliphatic carbocycles. The first-order chi connectivity index (χ1) is 19.0. The second-order valence-corrected chi connectivity index (χ2v) is 12.0. The first-order valence-electron chi connectivity index (χ1n) is 13.7. The van der Waals surface area contributed by atoms with Gasteiger partial charge in [-0.25, -0.2) is 0 Å². The topological polar surface area (TPSA) is 112 Å². The van der Waals surface area contributed by atoms with Crippen molar-refractivity contribution in [2.75, 3.05) is 0 Å². The van der Waals surface area contributed by atoms with Gasteiger partial charge in [-0.2, -0.15) is 0 Å². The Labute approximate surface area is 232 Å². The number of imide groups is 1. The normalized spacial score (nSPS) is 24.8. The molecule has 40 heavy (non-hydrogen) atoms. The Morgan fingerprint density at radius 3 is 2.27 bits per heavy atom. The summed E-state index contributed by atoms with van der Waals surface area (Å²) in [5.74, 6) is -3.92. The minimum atomic E-state index is -1.72. The zero-order chi connectivity index (χ0) is 28.6. The molecule has 3 aromatic carbocycles.